The van der Waals surface area contributed by atoms with E-state index in [1.807, 2.05) is 6.07 Å². The highest BCUT2D eigenvalue weighted by atomic mass is 35.5. The topological polar surface area (TPSA) is 15.3 Å². The van der Waals surface area contributed by atoms with E-state index in [-0.39, 0.29) is 0 Å². The van der Waals surface area contributed by atoms with E-state index in [0.29, 0.717) is 6.04 Å². The van der Waals surface area contributed by atoms with Crippen molar-refractivity contribution in [2.75, 3.05) is 19.6 Å². The van der Waals surface area contributed by atoms with E-state index in [0.717, 1.165) is 10.9 Å². The van der Waals surface area contributed by atoms with Gasteiger partial charge in [0, 0.05) is 24.0 Å². The Hall–Kier alpha value is -0.0900. The summed E-state index contributed by atoms with van der Waals surface area (Å²) in [5.41, 5.74) is 0. The zero-order valence-electron chi connectivity index (χ0n) is 10.4. The van der Waals surface area contributed by atoms with Crippen LogP contribution in [0.1, 0.15) is 31.1 Å². The molecule has 1 aliphatic heterocycles. The lowest BCUT2D eigenvalue weighted by Gasteiger charge is -2.29. The summed E-state index contributed by atoms with van der Waals surface area (Å²) in [5.74, 6) is 0. The molecule has 0 saturated carbocycles. The quantitative estimate of drug-likeness (QED) is 0.884. The lowest BCUT2D eigenvalue weighted by atomic mass is 10.1. The molecular formula is C13H21ClN2S. The maximum Gasteiger partial charge on any atom is 0.0931 e. The van der Waals surface area contributed by atoms with Gasteiger partial charge in [-0.15, -0.1) is 11.3 Å². The molecule has 1 saturated heterocycles. The Morgan fingerprint density at radius 3 is 2.76 bits per heavy atom. The molecule has 0 spiro atoms. The van der Waals surface area contributed by atoms with Crippen molar-refractivity contribution in [3.05, 3.63) is 21.3 Å². The van der Waals surface area contributed by atoms with Gasteiger partial charge in [-0.05, 0) is 45.0 Å². The van der Waals surface area contributed by atoms with Gasteiger partial charge in [-0.3, -0.25) is 0 Å². The number of rotatable bonds is 5. The van der Waals surface area contributed by atoms with Crippen molar-refractivity contribution in [2.45, 2.75) is 38.8 Å². The highest BCUT2D eigenvalue weighted by Crippen LogP contribution is 2.21. The first-order chi connectivity index (χ1) is 8.24. The second-order valence-electron chi connectivity index (χ2n) is 4.85. The van der Waals surface area contributed by atoms with Gasteiger partial charge in [0.2, 0.25) is 0 Å². The fraction of sp³-hybridized carbons (Fsp3) is 0.692. The Morgan fingerprint density at radius 2 is 2.12 bits per heavy atom. The van der Waals surface area contributed by atoms with Crippen LogP contribution in [0.2, 0.25) is 4.34 Å². The first kappa shape index (κ1) is 13.3. The van der Waals surface area contributed by atoms with E-state index in [1.54, 1.807) is 11.3 Å². The van der Waals surface area contributed by atoms with Crippen LogP contribution in [0.25, 0.3) is 0 Å². The Balaban J connectivity index is 1.68. The number of nitrogens with one attached hydrogen (secondary N) is 1. The van der Waals surface area contributed by atoms with E-state index in [9.17, 15) is 0 Å². The Kier molecular flexibility index (Phi) is 5.29. The molecule has 1 aromatic heterocycles. The molecule has 0 bridgehead atoms. The van der Waals surface area contributed by atoms with Gasteiger partial charge < -0.3 is 10.2 Å². The van der Waals surface area contributed by atoms with E-state index in [2.05, 4.69) is 23.2 Å². The normalized spacial score (nSPS) is 19.4. The number of nitrogens with zero attached hydrogens (tertiary/aromatic N) is 1. The molecule has 1 unspecified atom stereocenters. The minimum absolute atomic E-state index is 0.550. The van der Waals surface area contributed by atoms with Crippen LogP contribution in [-0.4, -0.2) is 30.6 Å². The third kappa shape index (κ3) is 4.59. The highest BCUT2D eigenvalue weighted by Gasteiger charge is 2.13. The molecule has 0 radical (unpaired) electrons. The maximum atomic E-state index is 5.91. The molecule has 2 heterocycles. The second kappa shape index (κ2) is 6.74. The summed E-state index contributed by atoms with van der Waals surface area (Å²) in [6.07, 6.45) is 4.15. The van der Waals surface area contributed by atoms with Gasteiger partial charge in [0.25, 0.3) is 0 Å². The molecule has 17 heavy (non-hydrogen) atoms. The average molecular weight is 273 g/mol. The SMILES string of the molecule is CC(CN1CCCCC1)NCc1ccc(Cl)s1. The van der Waals surface area contributed by atoms with Gasteiger partial charge in [-0.25, -0.2) is 0 Å². The van der Waals surface area contributed by atoms with Crippen molar-refractivity contribution >= 4 is 22.9 Å². The smallest absolute Gasteiger partial charge is 0.0931 e. The molecule has 0 amide bonds. The molecule has 96 valence electrons. The fourth-order valence-electron chi connectivity index (χ4n) is 2.32. The summed E-state index contributed by atoms with van der Waals surface area (Å²) in [5, 5.41) is 3.57. The lowest BCUT2D eigenvalue weighted by molar-refractivity contribution is 0.209. The summed E-state index contributed by atoms with van der Waals surface area (Å²) in [6.45, 7) is 6.92. The Labute approximate surface area is 113 Å². The van der Waals surface area contributed by atoms with Crippen LogP contribution in [0.5, 0.6) is 0 Å². The van der Waals surface area contributed by atoms with Crippen molar-refractivity contribution in [3.8, 4) is 0 Å². The first-order valence-corrected chi connectivity index (χ1v) is 7.63. The minimum Gasteiger partial charge on any atom is -0.308 e. The third-order valence-corrected chi connectivity index (χ3v) is 4.47. The van der Waals surface area contributed by atoms with Crippen molar-refractivity contribution in [1.82, 2.24) is 10.2 Å². The number of halogens is 1. The van der Waals surface area contributed by atoms with Gasteiger partial charge in [0.15, 0.2) is 0 Å². The second-order valence-corrected chi connectivity index (χ2v) is 6.65. The fourth-order valence-corrected chi connectivity index (χ4v) is 3.35. The number of likely N-dealkylation sites (tertiary alicyclic amines) is 1. The van der Waals surface area contributed by atoms with Crippen LogP contribution in [-0.2, 0) is 6.54 Å². The van der Waals surface area contributed by atoms with Crippen molar-refractivity contribution in [1.29, 1.82) is 0 Å². The predicted molar refractivity (Wildman–Crippen MR) is 75.9 cm³/mol. The van der Waals surface area contributed by atoms with E-state index in [4.69, 9.17) is 11.6 Å². The Bertz CT molecular complexity index is 334. The largest absolute Gasteiger partial charge is 0.308 e. The van der Waals surface area contributed by atoms with Gasteiger partial charge in [-0.2, -0.15) is 0 Å². The van der Waals surface area contributed by atoms with Crippen LogP contribution in [0.4, 0.5) is 0 Å². The van der Waals surface area contributed by atoms with Gasteiger partial charge >= 0.3 is 0 Å². The molecule has 2 rings (SSSR count). The van der Waals surface area contributed by atoms with E-state index in [1.165, 1.54) is 43.8 Å². The predicted octanol–water partition coefficient (Wildman–Crippen LogP) is 3.37. The minimum atomic E-state index is 0.550. The first-order valence-electron chi connectivity index (χ1n) is 6.44. The molecule has 1 fully saturated rings. The van der Waals surface area contributed by atoms with Gasteiger partial charge in [0.05, 0.1) is 4.34 Å². The molecule has 1 N–H and O–H groups in total. The highest BCUT2D eigenvalue weighted by molar-refractivity contribution is 7.16. The van der Waals surface area contributed by atoms with E-state index >= 15 is 0 Å². The molecule has 1 aliphatic rings. The van der Waals surface area contributed by atoms with Gasteiger partial charge in [0.1, 0.15) is 0 Å². The maximum absolute atomic E-state index is 5.91. The third-order valence-electron chi connectivity index (χ3n) is 3.23. The van der Waals surface area contributed by atoms with E-state index < -0.39 is 0 Å². The van der Waals surface area contributed by atoms with Crippen molar-refractivity contribution in [3.63, 3.8) is 0 Å². The summed E-state index contributed by atoms with van der Waals surface area (Å²) in [7, 11) is 0. The van der Waals surface area contributed by atoms with Gasteiger partial charge in [-0.1, -0.05) is 18.0 Å². The van der Waals surface area contributed by atoms with Crippen molar-refractivity contribution < 1.29 is 0 Å². The summed E-state index contributed by atoms with van der Waals surface area (Å²) < 4.78 is 0.880. The monoisotopic (exact) mass is 272 g/mol. The summed E-state index contributed by atoms with van der Waals surface area (Å²) >= 11 is 7.58. The molecule has 0 aromatic carbocycles. The number of hydrogen-bond donors (Lipinski definition) is 1. The van der Waals surface area contributed by atoms with Crippen LogP contribution in [0.15, 0.2) is 12.1 Å². The van der Waals surface area contributed by atoms with Crippen LogP contribution in [0.3, 0.4) is 0 Å². The molecule has 1 atom stereocenters. The summed E-state index contributed by atoms with van der Waals surface area (Å²) in [6, 6.07) is 4.63. The lowest BCUT2D eigenvalue weighted by Crippen LogP contribution is -2.41. The zero-order chi connectivity index (χ0) is 12.1. The Morgan fingerprint density at radius 1 is 1.35 bits per heavy atom. The number of thiophene rings is 1. The molecule has 0 aliphatic carbocycles. The van der Waals surface area contributed by atoms with Crippen LogP contribution < -0.4 is 5.32 Å². The molecule has 1 aromatic rings. The average Bonchev–Trinajstić information content (AvgIpc) is 2.74. The summed E-state index contributed by atoms with van der Waals surface area (Å²) in [4.78, 5) is 3.89. The number of hydrogen-bond acceptors (Lipinski definition) is 3. The molecular weight excluding hydrogens is 252 g/mol. The molecule has 4 heteroatoms. The zero-order valence-corrected chi connectivity index (χ0v) is 12.0. The standard InChI is InChI=1S/C13H21ClN2S/c1-11(10-16-7-3-2-4-8-16)15-9-12-5-6-13(14)17-12/h5-6,11,15H,2-4,7-10H2,1H3. The molecule has 2 nitrogen and oxygen atoms in total. The number of piperidine rings is 1. The van der Waals surface area contributed by atoms with Crippen LogP contribution in [0, 0.1) is 0 Å². The van der Waals surface area contributed by atoms with Crippen LogP contribution >= 0.6 is 22.9 Å². The van der Waals surface area contributed by atoms with Crippen molar-refractivity contribution in [2.24, 2.45) is 0 Å².